The van der Waals surface area contributed by atoms with Gasteiger partial charge in [-0.3, -0.25) is 24.5 Å². The van der Waals surface area contributed by atoms with Crippen molar-refractivity contribution in [1.29, 1.82) is 0 Å². The average Bonchev–Trinajstić information content (AvgIpc) is 3.07. The highest BCUT2D eigenvalue weighted by molar-refractivity contribution is 6.02. The molecule has 2 aliphatic heterocycles. The number of aromatic nitrogens is 2. The van der Waals surface area contributed by atoms with Gasteiger partial charge in [0.05, 0.1) is 29.6 Å². The van der Waals surface area contributed by atoms with Gasteiger partial charge in [0.25, 0.3) is 5.92 Å². The lowest BCUT2D eigenvalue weighted by Gasteiger charge is -2.38. The molecule has 2 N–H and O–H groups in total. The molecule has 4 rings (SSSR count). The van der Waals surface area contributed by atoms with Crippen molar-refractivity contribution in [2.24, 2.45) is 7.05 Å². The predicted molar refractivity (Wildman–Crippen MR) is 129 cm³/mol. The minimum atomic E-state index is -2.96. The third kappa shape index (κ3) is 5.66. The molecule has 9 nitrogen and oxygen atoms in total. The SMILES string of the molecule is Cn1nc(C2CCC(=O)NC2=O)c2ccc(C3CCN(CCNC(=O)OC(C)(C)C)CC3(F)F)cc21. The maximum absolute atomic E-state index is 15.2. The average molecular weight is 506 g/mol. The zero-order valence-corrected chi connectivity index (χ0v) is 21.1. The normalized spacial score (nSPS) is 22.9. The van der Waals surface area contributed by atoms with E-state index in [1.54, 1.807) is 55.6 Å². The van der Waals surface area contributed by atoms with E-state index in [9.17, 15) is 14.4 Å². The Morgan fingerprint density at radius 2 is 2.03 bits per heavy atom. The molecule has 1 aromatic carbocycles. The minimum absolute atomic E-state index is 0.222. The van der Waals surface area contributed by atoms with Crippen molar-refractivity contribution in [3.05, 3.63) is 29.5 Å². The van der Waals surface area contributed by atoms with Gasteiger partial charge < -0.3 is 10.1 Å². The van der Waals surface area contributed by atoms with Crippen molar-refractivity contribution in [2.45, 2.75) is 63.4 Å². The van der Waals surface area contributed by atoms with Crippen LogP contribution in [0.3, 0.4) is 0 Å². The van der Waals surface area contributed by atoms with E-state index in [2.05, 4.69) is 15.7 Å². The Labute approximate surface area is 208 Å². The van der Waals surface area contributed by atoms with E-state index in [0.717, 1.165) is 5.39 Å². The summed E-state index contributed by atoms with van der Waals surface area (Å²) in [6.07, 6.45) is 0.316. The molecular formula is C25H33F2N5O4. The van der Waals surface area contributed by atoms with E-state index < -0.39 is 36.0 Å². The molecule has 2 atom stereocenters. The number of alkyl halides is 2. The summed E-state index contributed by atoms with van der Waals surface area (Å²) in [7, 11) is 1.72. The third-order valence-electron chi connectivity index (χ3n) is 6.65. The van der Waals surface area contributed by atoms with Gasteiger partial charge >= 0.3 is 6.09 Å². The second-order valence-corrected chi connectivity index (χ2v) is 10.6. The van der Waals surface area contributed by atoms with Crippen LogP contribution in [0.25, 0.3) is 10.9 Å². The van der Waals surface area contributed by atoms with E-state index in [1.165, 1.54) is 0 Å². The van der Waals surface area contributed by atoms with Crippen LogP contribution in [-0.4, -0.2) is 70.3 Å². The summed E-state index contributed by atoms with van der Waals surface area (Å²) in [4.78, 5) is 37.3. The summed E-state index contributed by atoms with van der Waals surface area (Å²) >= 11 is 0. The number of ether oxygens (including phenoxy) is 1. The zero-order valence-electron chi connectivity index (χ0n) is 21.1. The number of benzene rings is 1. The van der Waals surface area contributed by atoms with Crippen LogP contribution < -0.4 is 10.6 Å². The first kappa shape index (κ1) is 26.0. The van der Waals surface area contributed by atoms with Crippen LogP contribution in [0.1, 0.15) is 63.1 Å². The van der Waals surface area contributed by atoms with E-state index >= 15 is 8.78 Å². The van der Waals surface area contributed by atoms with Crippen LogP contribution in [-0.2, 0) is 21.4 Å². The minimum Gasteiger partial charge on any atom is -0.444 e. The number of nitrogens with one attached hydrogen (secondary N) is 2. The fraction of sp³-hybridized carbons (Fsp3) is 0.600. The van der Waals surface area contributed by atoms with Crippen molar-refractivity contribution in [1.82, 2.24) is 25.3 Å². The Balaban J connectivity index is 1.43. The van der Waals surface area contributed by atoms with Gasteiger partial charge in [-0.1, -0.05) is 12.1 Å². The van der Waals surface area contributed by atoms with Gasteiger partial charge in [-0.05, 0) is 51.8 Å². The number of imide groups is 1. The molecule has 2 aromatic rings. The number of fused-ring (bicyclic) bond motifs is 1. The number of alkyl carbamates (subject to hydrolysis) is 1. The van der Waals surface area contributed by atoms with Crippen LogP contribution in [0.2, 0.25) is 0 Å². The Kier molecular flexibility index (Phi) is 7.05. The first-order valence-electron chi connectivity index (χ1n) is 12.2. The fourth-order valence-electron chi connectivity index (χ4n) is 4.97. The summed E-state index contributed by atoms with van der Waals surface area (Å²) in [6, 6.07) is 5.18. The number of hydrogen-bond acceptors (Lipinski definition) is 6. The van der Waals surface area contributed by atoms with Crippen molar-refractivity contribution in [2.75, 3.05) is 26.2 Å². The summed E-state index contributed by atoms with van der Waals surface area (Å²) in [5.41, 5.74) is 1.14. The summed E-state index contributed by atoms with van der Waals surface area (Å²) in [5, 5.41) is 10.2. The standard InChI is InChI=1S/C25H33F2N5O4/c1-24(2,3)36-23(35)28-10-12-32-11-9-18(25(26,27)14-32)15-5-6-16-19(13-15)31(4)30-21(16)17-7-8-20(33)29-22(17)34/h5-6,13,17-18H,7-12,14H2,1-4H3,(H,28,35)(H,29,33,34). The van der Waals surface area contributed by atoms with Crippen LogP contribution in [0.5, 0.6) is 0 Å². The number of likely N-dealkylation sites (tertiary alicyclic amines) is 1. The van der Waals surface area contributed by atoms with Gasteiger partial charge in [0.2, 0.25) is 11.8 Å². The van der Waals surface area contributed by atoms with Gasteiger partial charge in [-0.15, -0.1) is 0 Å². The van der Waals surface area contributed by atoms with Gasteiger partial charge in [0.15, 0.2) is 0 Å². The molecule has 2 aliphatic rings. The Morgan fingerprint density at radius 1 is 1.28 bits per heavy atom. The third-order valence-corrected chi connectivity index (χ3v) is 6.65. The number of carbonyl (C=O) groups is 3. The van der Waals surface area contributed by atoms with Gasteiger partial charge in [-0.2, -0.15) is 5.10 Å². The lowest BCUT2D eigenvalue weighted by molar-refractivity contribution is -0.134. The number of piperidine rings is 2. The molecule has 36 heavy (non-hydrogen) atoms. The molecule has 2 unspecified atom stereocenters. The number of hydrogen-bond donors (Lipinski definition) is 2. The van der Waals surface area contributed by atoms with Crippen LogP contribution in [0.4, 0.5) is 13.6 Å². The maximum atomic E-state index is 15.2. The van der Waals surface area contributed by atoms with Gasteiger partial charge in [-0.25, -0.2) is 13.6 Å². The van der Waals surface area contributed by atoms with Crippen molar-refractivity contribution in [3.63, 3.8) is 0 Å². The Morgan fingerprint density at radius 3 is 2.69 bits per heavy atom. The fourth-order valence-corrected chi connectivity index (χ4v) is 4.97. The lowest BCUT2D eigenvalue weighted by atomic mass is 9.85. The molecule has 0 spiro atoms. The van der Waals surface area contributed by atoms with E-state index in [-0.39, 0.29) is 31.2 Å². The largest absolute Gasteiger partial charge is 0.444 e. The Bertz CT molecular complexity index is 1170. The monoisotopic (exact) mass is 505 g/mol. The second-order valence-electron chi connectivity index (χ2n) is 10.6. The van der Waals surface area contributed by atoms with Crippen LogP contribution in [0.15, 0.2) is 18.2 Å². The molecule has 0 saturated carbocycles. The zero-order chi connectivity index (χ0) is 26.3. The number of rotatable bonds is 5. The lowest BCUT2D eigenvalue weighted by Crippen LogP contribution is -2.49. The molecule has 1 aromatic heterocycles. The van der Waals surface area contributed by atoms with Crippen molar-refractivity contribution < 1.29 is 27.9 Å². The summed E-state index contributed by atoms with van der Waals surface area (Å²) in [6.45, 7) is 5.88. The molecule has 11 heteroatoms. The highest BCUT2D eigenvalue weighted by atomic mass is 19.3. The highest BCUT2D eigenvalue weighted by Crippen LogP contribution is 2.41. The summed E-state index contributed by atoms with van der Waals surface area (Å²) in [5.74, 6) is -5.13. The first-order chi connectivity index (χ1) is 16.8. The molecule has 3 amide bonds. The molecule has 3 heterocycles. The molecule has 2 fully saturated rings. The topological polar surface area (TPSA) is 106 Å². The van der Waals surface area contributed by atoms with E-state index in [1.807, 2.05) is 0 Å². The molecule has 0 aliphatic carbocycles. The first-order valence-corrected chi connectivity index (χ1v) is 12.2. The number of nitrogens with zero attached hydrogens (tertiary/aromatic N) is 3. The Hall–Kier alpha value is -3.08. The van der Waals surface area contributed by atoms with E-state index in [0.29, 0.717) is 36.3 Å². The number of halogens is 2. The summed E-state index contributed by atoms with van der Waals surface area (Å²) < 4.78 is 37.3. The molecule has 0 bridgehead atoms. The van der Waals surface area contributed by atoms with Gasteiger partial charge in [0.1, 0.15) is 5.60 Å². The molecule has 2 saturated heterocycles. The predicted octanol–water partition coefficient (Wildman–Crippen LogP) is 3.04. The van der Waals surface area contributed by atoms with Gasteiger partial charge in [0, 0.05) is 31.9 Å². The molecule has 0 radical (unpaired) electrons. The molecular weight excluding hydrogens is 472 g/mol. The highest BCUT2D eigenvalue weighted by Gasteiger charge is 2.45. The van der Waals surface area contributed by atoms with Crippen molar-refractivity contribution in [3.8, 4) is 0 Å². The molecule has 196 valence electrons. The number of amides is 3. The van der Waals surface area contributed by atoms with Crippen molar-refractivity contribution >= 4 is 28.8 Å². The number of aryl methyl sites for hydroxylation is 1. The maximum Gasteiger partial charge on any atom is 0.407 e. The number of carbonyl (C=O) groups excluding carboxylic acids is 3. The smallest absolute Gasteiger partial charge is 0.407 e. The van der Waals surface area contributed by atoms with Crippen LogP contribution >= 0.6 is 0 Å². The van der Waals surface area contributed by atoms with Crippen LogP contribution in [0, 0.1) is 0 Å². The van der Waals surface area contributed by atoms with E-state index in [4.69, 9.17) is 4.74 Å². The quantitative estimate of drug-likeness (QED) is 0.606. The second kappa shape index (κ2) is 9.76.